The van der Waals surface area contributed by atoms with Crippen LogP contribution >= 0.6 is 0 Å². The van der Waals surface area contributed by atoms with Gasteiger partial charge in [0.1, 0.15) is 5.75 Å². The average Bonchev–Trinajstić information content (AvgIpc) is 2.54. The molecule has 0 aliphatic carbocycles. The zero-order valence-corrected chi connectivity index (χ0v) is 17.1. The van der Waals surface area contributed by atoms with E-state index in [1.165, 1.54) is 5.56 Å². The van der Waals surface area contributed by atoms with Crippen molar-refractivity contribution in [3.63, 3.8) is 0 Å². The summed E-state index contributed by atoms with van der Waals surface area (Å²) >= 11 is 0. The van der Waals surface area contributed by atoms with E-state index < -0.39 is 0 Å². The number of ether oxygens (including phenoxy) is 1. The fourth-order valence-electron chi connectivity index (χ4n) is 3.04. The summed E-state index contributed by atoms with van der Waals surface area (Å²) in [6, 6.07) is 8.24. The number of aromatic hydroxyl groups is 1. The first kappa shape index (κ1) is 20.4. The molecule has 0 saturated heterocycles. The number of rotatable bonds is 6. The first-order chi connectivity index (χ1) is 12.1. The highest BCUT2D eigenvalue weighted by Gasteiger charge is 2.26. The summed E-state index contributed by atoms with van der Waals surface area (Å²) in [5, 5.41) is 10.8. The largest absolute Gasteiger partial charge is 0.507 e. The third-order valence-corrected chi connectivity index (χ3v) is 4.53. The van der Waals surface area contributed by atoms with Crippen LogP contribution in [-0.4, -0.2) is 16.7 Å². The minimum absolute atomic E-state index is 0.111. The number of hydrogen-bond acceptors (Lipinski definition) is 3. The summed E-state index contributed by atoms with van der Waals surface area (Å²) in [6.45, 7) is 14.1. The second-order valence-electron chi connectivity index (χ2n) is 9.06. The maximum atomic E-state index is 10.8. The number of benzene rings is 1. The number of hydrogen-bond donors (Lipinski definition) is 1. The van der Waals surface area contributed by atoms with Crippen LogP contribution in [0.3, 0.4) is 0 Å². The number of aryl methyl sites for hydroxylation is 1. The van der Waals surface area contributed by atoms with Gasteiger partial charge in [-0.2, -0.15) is 0 Å². The molecule has 1 N–H and O–H groups in total. The van der Waals surface area contributed by atoms with Gasteiger partial charge in [-0.1, -0.05) is 47.6 Å². The van der Waals surface area contributed by atoms with Gasteiger partial charge in [-0.25, -0.2) is 0 Å². The van der Waals surface area contributed by atoms with E-state index in [2.05, 4.69) is 64.7 Å². The third-order valence-electron chi connectivity index (χ3n) is 4.53. The van der Waals surface area contributed by atoms with E-state index >= 15 is 0 Å². The van der Waals surface area contributed by atoms with Crippen molar-refractivity contribution in [1.82, 2.24) is 4.98 Å². The molecule has 1 aromatic carbocycles. The first-order valence-corrected chi connectivity index (χ1v) is 9.42. The van der Waals surface area contributed by atoms with Gasteiger partial charge in [-0.15, -0.1) is 0 Å². The van der Waals surface area contributed by atoms with Crippen molar-refractivity contribution < 1.29 is 9.84 Å². The van der Waals surface area contributed by atoms with Gasteiger partial charge in [-0.3, -0.25) is 4.98 Å². The Balaban J connectivity index is 2.04. The molecule has 0 saturated carbocycles. The minimum atomic E-state index is -0.111. The van der Waals surface area contributed by atoms with Gasteiger partial charge in [0.2, 0.25) is 0 Å². The molecular formula is C23H33NO2. The van der Waals surface area contributed by atoms with Crippen LogP contribution in [0, 0.1) is 0 Å². The molecule has 3 nitrogen and oxygen atoms in total. The Labute approximate surface area is 158 Å². The van der Waals surface area contributed by atoms with E-state index in [-0.39, 0.29) is 10.8 Å². The molecule has 26 heavy (non-hydrogen) atoms. The molecule has 1 aromatic heterocycles. The average molecular weight is 356 g/mol. The van der Waals surface area contributed by atoms with Crippen molar-refractivity contribution in [3.05, 3.63) is 58.9 Å². The monoisotopic (exact) mass is 355 g/mol. The van der Waals surface area contributed by atoms with Gasteiger partial charge in [0.05, 0.1) is 6.61 Å². The molecule has 0 bridgehead atoms. The van der Waals surface area contributed by atoms with Gasteiger partial charge in [-0.05, 0) is 64.1 Å². The van der Waals surface area contributed by atoms with E-state index in [0.717, 1.165) is 29.5 Å². The van der Waals surface area contributed by atoms with Crippen LogP contribution in [-0.2, 0) is 28.6 Å². The van der Waals surface area contributed by atoms with Crippen molar-refractivity contribution in [3.8, 4) is 5.75 Å². The summed E-state index contributed by atoms with van der Waals surface area (Å²) in [5.41, 5.74) is 4.11. The smallest absolute Gasteiger partial charge is 0.123 e. The summed E-state index contributed by atoms with van der Waals surface area (Å²) in [6.07, 6.45) is 5.65. The van der Waals surface area contributed by atoms with Crippen molar-refractivity contribution >= 4 is 0 Å². The highest BCUT2D eigenvalue weighted by atomic mass is 16.5. The second kappa shape index (κ2) is 8.22. The third kappa shape index (κ3) is 5.57. The Hall–Kier alpha value is -1.87. The number of pyridine rings is 1. The predicted molar refractivity (Wildman–Crippen MR) is 108 cm³/mol. The molecule has 3 heteroatoms. The van der Waals surface area contributed by atoms with Crippen LogP contribution in [0.5, 0.6) is 5.75 Å². The molecule has 2 aromatic rings. The number of nitrogens with zero attached hydrogens (tertiary/aromatic N) is 1. The highest BCUT2D eigenvalue weighted by Crippen LogP contribution is 2.39. The molecule has 0 aliphatic rings. The predicted octanol–water partition coefficient (Wildman–Crippen LogP) is 5.53. The van der Waals surface area contributed by atoms with Crippen molar-refractivity contribution in [2.24, 2.45) is 0 Å². The van der Waals surface area contributed by atoms with E-state index in [1.807, 2.05) is 12.3 Å². The highest BCUT2D eigenvalue weighted by molar-refractivity contribution is 5.49. The molecule has 1 heterocycles. The molecule has 0 unspecified atom stereocenters. The quantitative estimate of drug-likeness (QED) is 0.693. The molecule has 0 radical (unpaired) electrons. The summed E-state index contributed by atoms with van der Waals surface area (Å²) in [4.78, 5) is 4.14. The zero-order valence-electron chi connectivity index (χ0n) is 17.1. The lowest BCUT2D eigenvalue weighted by Gasteiger charge is -2.28. The van der Waals surface area contributed by atoms with Crippen LogP contribution in [0.15, 0.2) is 36.7 Å². The minimum Gasteiger partial charge on any atom is -0.507 e. The zero-order chi connectivity index (χ0) is 19.4. The van der Waals surface area contributed by atoms with Crippen LogP contribution in [0.25, 0.3) is 0 Å². The topological polar surface area (TPSA) is 42.4 Å². The lowest BCUT2D eigenvalue weighted by Crippen LogP contribution is -2.18. The standard InChI is InChI=1S/C23H33NO2/c1-22(2,3)19-13-18(14-20(21(19)25)23(4,5)6)16-26-12-8-10-17-9-7-11-24-15-17/h7,9,11,13-15,25H,8,10,12,16H2,1-6H3. The molecule has 0 aliphatic heterocycles. The Morgan fingerprint density at radius 1 is 0.962 bits per heavy atom. The maximum absolute atomic E-state index is 10.8. The Kier molecular flexibility index (Phi) is 6.46. The van der Waals surface area contributed by atoms with E-state index in [1.54, 1.807) is 6.20 Å². The van der Waals surface area contributed by atoms with E-state index in [9.17, 15) is 5.11 Å². The van der Waals surface area contributed by atoms with Gasteiger partial charge >= 0.3 is 0 Å². The van der Waals surface area contributed by atoms with Crippen molar-refractivity contribution in [2.75, 3.05) is 6.61 Å². The van der Waals surface area contributed by atoms with Gasteiger partial charge in [0.15, 0.2) is 0 Å². The Morgan fingerprint density at radius 3 is 2.08 bits per heavy atom. The van der Waals surface area contributed by atoms with Gasteiger partial charge in [0.25, 0.3) is 0 Å². The fourth-order valence-corrected chi connectivity index (χ4v) is 3.04. The second-order valence-corrected chi connectivity index (χ2v) is 9.06. The maximum Gasteiger partial charge on any atom is 0.123 e. The number of aromatic nitrogens is 1. The summed E-state index contributed by atoms with van der Waals surface area (Å²) < 4.78 is 5.91. The van der Waals surface area contributed by atoms with E-state index in [0.29, 0.717) is 19.0 Å². The summed E-state index contributed by atoms with van der Waals surface area (Å²) in [5.74, 6) is 0.422. The van der Waals surface area contributed by atoms with Crippen molar-refractivity contribution in [1.29, 1.82) is 0 Å². The van der Waals surface area contributed by atoms with Crippen LogP contribution < -0.4 is 0 Å². The SMILES string of the molecule is CC(C)(C)c1cc(COCCCc2cccnc2)cc(C(C)(C)C)c1O. The Bertz CT molecular complexity index is 674. The van der Waals surface area contributed by atoms with Crippen molar-refractivity contribution in [2.45, 2.75) is 71.8 Å². The Morgan fingerprint density at radius 2 is 1.58 bits per heavy atom. The molecule has 2 rings (SSSR count). The number of phenolic OH excluding ortho intramolecular Hbond substituents is 1. The lowest BCUT2D eigenvalue weighted by atomic mass is 9.78. The summed E-state index contributed by atoms with van der Waals surface area (Å²) in [7, 11) is 0. The molecule has 0 fully saturated rings. The van der Waals surface area contributed by atoms with Crippen LogP contribution in [0.1, 0.15) is 70.2 Å². The fraction of sp³-hybridized carbons (Fsp3) is 0.522. The van der Waals surface area contributed by atoms with Crippen LogP contribution in [0.4, 0.5) is 0 Å². The number of phenols is 1. The molecule has 0 amide bonds. The van der Waals surface area contributed by atoms with E-state index in [4.69, 9.17) is 4.74 Å². The normalized spacial score (nSPS) is 12.4. The van der Waals surface area contributed by atoms with Gasteiger partial charge < -0.3 is 9.84 Å². The molecule has 0 atom stereocenters. The lowest BCUT2D eigenvalue weighted by molar-refractivity contribution is 0.118. The van der Waals surface area contributed by atoms with Gasteiger partial charge in [0, 0.05) is 19.0 Å². The molecular weight excluding hydrogens is 322 g/mol. The van der Waals surface area contributed by atoms with Crippen LogP contribution in [0.2, 0.25) is 0 Å². The molecule has 0 spiro atoms. The molecule has 142 valence electrons. The first-order valence-electron chi connectivity index (χ1n) is 9.42.